The van der Waals surface area contributed by atoms with Crippen LogP contribution in [0.1, 0.15) is 50.5 Å². The second-order valence-electron chi connectivity index (χ2n) is 8.95. The minimum atomic E-state index is -0.120. The van der Waals surface area contributed by atoms with E-state index in [0.717, 1.165) is 48.3 Å². The largest absolute Gasteiger partial charge is 0.497 e. The lowest BCUT2D eigenvalue weighted by atomic mass is 9.53. The number of ether oxygens (including phenoxy) is 1. The van der Waals surface area contributed by atoms with Gasteiger partial charge in [0.05, 0.1) is 7.11 Å². The molecule has 0 radical (unpaired) electrons. The summed E-state index contributed by atoms with van der Waals surface area (Å²) >= 11 is 0. The van der Waals surface area contributed by atoms with Gasteiger partial charge in [-0.2, -0.15) is 0 Å². The first-order valence-corrected chi connectivity index (χ1v) is 10.5. The maximum Gasteiger partial charge on any atom is 0.315 e. The third-order valence-corrected chi connectivity index (χ3v) is 6.70. The summed E-state index contributed by atoms with van der Waals surface area (Å²) in [6.07, 6.45) is 7.76. The van der Waals surface area contributed by atoms with Gasteiger partial charge in [-0.1, -0.05) is 12.1 Å². The highest BCUT2D eigenvalue weighted by molar-refractivity contribution is 5.78. The van der Waals surface area contributed by atoms with E-state index >= 15 is 0 Å². The molecule has 0 aliphatic heterocycles. The van der Waals surface area contributed by atoms with Crippen molar-refractivity contribution in [3.63, 3.8) is 0 Å². The second kappa shape index (κ2) is 8.02. The smallest absolute Gasteiger partial charge is 0.315 e. The van der Waals surface area contributed by atoms with Gasteiger partial charge in [-0.25, -0.2) is 4.79 Å². The van der Waals surface area contributed by atoms with E-state index in [1.807, 2.05) is 24.3 Å². The Kier molecular flexibility index (Phi) is 5.47. The molecule has 4 aliphatic rings. The predicted octanol–water partition coefficient (Wildman–Crippen LogP) is 2.97. The molecule has 0 heterocycles. The lowest BCUT2D eigenvalue weighted by molar-refractivity contribution is -0.121. The number of nitrogens with one attached hydrogen (secondary N) is 3. The van der Waals surface area contributed by atoms with Gasteiger partial charge in [0.15, 0.2) is 0 Å². The molecule has 1 aromatic rings. The molecule has 3 amide bonds. The molecule has 3 N–H and O–H groups in total. The highest BCUT2D eigenvalue weighted by atomic mass is 16.5. The van der Waals surface area contributed by atoms with Crippen molar-refractivity contribution >= 4 is 11.9 Å². The molecule has 0 unspecified atom stereocenters. The highest BCUT2D eigenvalue weighted by Gasteiger charge is 2.51. The van der Waals surface area contributed by atoms with Crippen LogP contribution in [0.4, 0.5) is 4.79 Å². The minimum absolute atomic E-state index is 0.00938. The summed E-state index contributed by atoms with van der Waals surface area (Å²) < 4.78 is 5.12. The third-order valence-electron chi connectivity index (χ3n) is 6.70. The maximum atomic E-state index is 12.4. The van der Waals surface area contributed by atoms with Crippen LogP contribution >= 0.6 is 0 Å². The van der Waals surface area contributed by atoms with E-state index in [4.69, 9.17) is 4.74 Å². The van der Waals surface area contributed by atoms with Crippen molar-refractivity contribution in [1.29, 1.82) is 0 Å². The highest BCUT2D eigenvalue weighted by Crippen LogP contribution is 2.55. The Morgan fingerprint density at radius 2 is 1.61 bits per heavy atom. The van der Waals surface area contributed by atoms with Gasteiger partial charge in [-0.15, -0.1) is 0 Å². The molecular formula is C22H31N3O3. The molecule has 152 valence electrons. The number of rotatable bonds is 7. The van der Waals surface area contributed by atoms with E-state index in [-0.39, 0.29) is 23.9 Å². The zero-order valence-corrected chi connectivity index (χ0v) is 16.6. The van der Waals surface area contributed by atoms with Gasteiger partial charge in [0.25, 0.3) is 0 Å². The molecule has 6 nitrogen and oxygen atoms in total. The van der Waals surface area contributed by atoms with Crippen molar-refractivity contribution in [1.82, 2.24) is 16.0 Å². The first-order chi connectivity index (χ1) is 13.5. The molecule has 4 saturated carbocycles. The van der Waals surface area contributed by atoms with Crippen LogP contribution in [0.15, 0.2) is 24.3 Å². The standard InChI is InChI=1S/C22H31N3O3/c1-28-19-4-2-15(3-5-19)14-24-20(26)6-7-23-21(27)25-22-11-16-8-17(12-22)10-18(9-16)13-22/h2-5,16-18H,6-14H2,1H3,(H,24,26)(H2,23,25,27). The van der Waals surface area contributed by atoms with Gasteiger partial charge in [-0.3, -0.25) is 4.79 Å². The molecule has 4 bridgehead atoms. The molecule has 4 aliphatic carbocycles. The zero-order valence-electron chi connectivity index (χ0n) is 16.6. The van der Waals surface area contributed by atoms with Crippen LogP contribution in [-0.4, -0.2) is 31.1 Å². The van der Waals surface area contributed by atoms with Crippen LogP contribution < -0.4 is 20.7 Å². The van der Waals surface area contributed by atoms with Crippen LogP contribution in [0.25, 0.3) is 0 Å². The quantitative estimate of drug-likeness (QED) is 0.675. The fourth-order valence-electron chi connectivity index (χ4n) is 5.87. The SMILES string of the molecule is COc1ccc(CNC(=O)CCNC(=O)NC23CC4CC(CC(C4)C2)C3)cc1. The summed E-state index contributed by atoms with van der Waals surface area (Å²) in [6.45, 7) is 0.828. The monoisotopic (exact) mass is 385 g/mol. The van der Waals surface area contributed by atoms with E-state index in [2.05, 4.69) is 16.0 Å². The molecule has 4 fully saturated rings. The van der Waals surface area contributed by atoms with Crippen molar-refractivity contribution in [2.45, 2.75) is 57.0 Å². The van der Waals surface area contributed by atoms with Crippen LogP contribution in [0.2, 0.25) is 0 Å². The molecule has 1 aromatic carbocycles. The van der Waals surface area contributed by atoms with Crippen molar-refractivity contribution in [3.05, 3.63) is 29.8 Å². The number of carbonyl (C=O) groups excluding carboxylic acids is 2. The predicted molar refractivity (Wildman–Crippen MR) is 107 cm³/mol. The van der Waals surface area contributed by atoms with Gasteiger partial charge < -0.3 is 20.7 Å². The fourth-order valence-corrected chi connectivity index (χ4v) is 5.87. The number of amides is 3. The number of benzene rings is 1. The van der Waals surface area contributed by atoms with Crippen LogP contribution in [-0.2, 0) is 11.3 Å². The van der Waals surface area contributed by atoms with Crippen molar-refractivity contribution in [3.8, 4) is 5.75 Å². The first-order valence-electron chi connectivity index (χ1n) is 10.5. The third kappa shape index (κ3) is 4.42. The van der Waals surface area contributed by atoms with Gasteiger partial charge in [0.1, 0.15) is 5.75 Å². The Balaban J connectivity index is 1.16. The molecule has 0 atom stereocenters. The Morgan fingerprint density at radius 3 is 2.18 bits per heavy atom. The first kappa shape index (κ1) is 19.1. The lowest BCUT2D eigenvalue weighted by Gasteiger charge is -2.56. The summed E-state index contributed by atoms with van der Waals surface area (Å²) in [5.41, 5.74) is 1.02. The second-order valence-corrected chi connectivity index (χ2v) is 8.95. The van der Waals surface area contributed by atoms with Gasteiger partial charge in [-0.05, 0) is 74.0 Å². The fraction of sp³-hybridized carbons (Fsp3) is 0.636. The number of carbonyl (C=O) groups is 2. The Bertz CT molecular complexity index is 681. The molecule has 28 heavy (non-hydrogen) atoms. The lowest BCUT2D eigenvalue weighted by Crippen LogP contribution is -2.61. The summed E-state index contributed by atoms with van der Waals surface area (Å²) in [4.78, 5) is 24.4. The summed E-state index contributed by atoms with van der Waals surface area (Å²) in [7, 11) is 1.63. The van der Waals surface area contributed by atoms with Crippen LogP contribution in [0.5, 0.6) is 5.75 Å². The average Bonchev–Trinajstić information content (AvgIpc) is 2.65. The number of urea groups is 1. The summed E-state index contributed by atoms with van der Waals surface area (Å²) in [6, 6.07) is 7.48. The van der Waals surface area contributed by atoms with E-state index in [9.17, 15) is 9.59 Å². The molecule has 6 heteroatoms. The Labute approximate surface area is 166 Å². The molecule has 0 aromatic heterocycles. The van der Waals surface area contributed by atoms with Crippen molar-refractivity contribution in [2.75, 3.05) is 13.7 Å². The number of hydrogen-bond acceptors (Lipinski definition) is 3. The van der Waals surface area contributed by atoms with E-state index in [0.29, 0.717) is 13.1 Å². The van der Waals surface area contributed by atoms with Crippen LogP contribution in [0, 0.1) is 17.8 Å². The zero-order chi connectivity index (χ0) is 19.6. The average molecular weight is 386 g/mol. The van der Waals surface area contributed by atoms with E-state index in [1.54, 1.807) is 7.11 Å². The van der Waals surface area contributed by atoms with Gasteiger partial charge in [0.2, 0.25) is 5.91 Å². The van der Waals surface area contributed by atoms with Gasteiger partial charge >= 0.3 is 6.03 Å². The topological polar surface area (TPSA) is 79.5 Å². The van der Waals surface area contributed by atoms with Crippen LogP contribution in [0.3, 0.4) is 0 Å². The normalized spacial score (nSPS) is 30.0. The minimum Gasteiger partial charge on any atom is -0.497 e. The molecular weight excluding hydrogens is 354 g/mol. The van der Waals surface area contributed by atoms with Gasteiger partial charge in [0, 0.05) is 25.0 Å². The summed E-state index contributed by atoms with van der Waals surface area (Å²) in [5, 5.41) is 9.03. The molecule has 0 saturated heterocycles. The van der Waals surface area contributed by atoms with Crippen molar-refractivity contribution in [2.24, 2.45) is 17.8 Å². The van der Waals surface area contributed by atoms with E-state index < -0.39 is 0 Å². The Morgan fingerprint density at radius 1 is 1.00 bits per heavy atom. The number of methoxy groups -OCH3 is 1. The maximum absolute atomic E-state index is 12.4. The van der Waals surface area contributed by atoms with Crippen molar-refractivity contribution < 1.29 is 14.3 Å². The molecule has 0 spiro atoms. The summed E-state index contributed by atoms with van der Waals surface area (Å²) in [5.74, 6) is 3.14. The molecule has 5 rings (SSSR count). The Hall–Kier alpha value is -2.24. The number of hydrogen-bond donors (Lipinski definition) is 3. The van der Waals surface area contributed by atoms with E-state index in [1.165, 1.54) is 19.3 Å².